The van der Waals surface area contributed by atoms with Gasteiger partial charge < -0.3 is 18.1 Å². The van der Waals surface area contributed by atoms with Crippen molar-refractivity contribution in [3.05, 3.63) is 0 Å². The summed E-state index contributed by atoms with van der Waals surface area (Å²) in [6.45, 7) is 12.9. The zero-order chi connectivity index (χ0) is 15.6. The highest BCUT2D eigenvalue weighted by atomic mass is 35.5. The minimum atomic E-state index is 0. The van der Waals surface area contributed by atoms with Crippen molar-refractivity contribution in [3.8, 4) is 0 Å². The Labute approximate surface area is 138 Å². The van der Waals surface area contributed by atoms with Crippen LogP contribution in [0.3, 0.4) is 0 Å². The van der Waals surface area contributed by atoms with Gasteiger partial charge >= 0.3 is 5.96 Å². The van der Waals surface area contributed by atoms with Crippen molar-refractivity contribution in [3.63, 3.8) is 0 Å². The fourth-order valence-electron chi connectivity index (χ4n) is 2.60. The fourth-order valence-corrected chi connectivity index (χ4v) is 2.60. The molecule has 0 aromatic heterocycles. The first-order valence-electron chi connectivity index (χ1n) is 8.12. The minimum Gasteiger partial charge on any atom is -1.00 e. The lowest BCUT2D eigenvalue weighted by Crippen LogP contribution is -3.00. The minimum absolute atomic E-state index is 0. The van der Waals surface area contributed by atoms with Gasteiger partial charge in [-0.15, -0.1) is 14.7 Å². The molecule has 0 rings (SSSR count). The number of halogens is 1. The van der Waals surface area contributed by atoms with Crippen LogP contribution in [0.4, 0.5) is 0 Å². The zero-order valence-corrected chi connectivity index (χ0v) is 15.7. The molecule has 0 atom stereocenters. The molecule has 0 aromatic carbocycles. The van der Waals surface area contributed by atoms with Crippen LogP contribution in [0, 0.1) is 0 Å². The quantitative estimate of drug-likeness (QED) is 0.254. The molecular weight excluding hydrogens is 286 g/mol. The third-order valence-electron chi connectivity index (χ3n) is 4.03. The number of hydrogen-bond donors (Lipinski definition) is 1. The smallest absolute Gasteiger partial charge is 0.335 e. The summed E-state index contributed by atoms with van der Waals surface area (Å²) in [7, 11) is 3.95. The van der Waals surface area contributed by atoms with E-state index in [0.717, 1.165) is 26.2 Å². The summed E-state index contributed by atoms with van der Waals surface area (Å²) in [5.74, 6) is 0.668. The third-order valence-corrected chi connectivity index (χ3v) is 4.03. The van der Waals surface area contributed by atoms with Gasteiger partial charge in [0.15, 0.2) is 0 Å². The molecule has 0 bridgehead atoms. The molecule has 0 aliphatic carbocycles. The molecule has 0 heterocycles. The summed E-state index contributed by atoms with van der Waals surface area (Å²) >= 11 is 0. The van der Waals surface area contributed by atoms with Gasteiger partial charge in [-0.25, -0.2) is 4.99 Å². The monoisotopic (exact) mass is 321 g/mol. The lowest BCUT2D eigenvalue weighted by Gasteiger charge is -2.46. The van der Waals surface area contributed by atoms with Crippen molar-refractivity contribution in [2.75, 3.05) is 40.3 Å². The Bertz CT molecular complexity index is 267. The van der Waals surface area contributed by atoms with Crippen molar-refractivity contribution in [1.29, 1.82) is 0 Å². The van der Waals surface area contributed by atoms with Gasteiger partial charge in [0, 0.05) is 20.1 Å². The summed E-state index contributed by atoms with van der Waals surface area (Å²) in [4.78, 5) is 4.30. The topological polar surface area (TPSA) is 44.9 Å². The molecule has 0 aromatic rings. The van der Waals surface area contributed by atoms with Gasteiger partial charge in [-0.2, -0.15) is 0 Å². The molecule has 0 saturated carbocycles. The Morgan fingerprint density at radius 2 is 1.33 bits per heavy atom. The highest BCUT2D eigenvalue weighted by Crippen LogP contribution is 2.17. The van der Waals surface area contributed by atoms with E-state index in [9.17, 15) is 0 Å². The van der Waals surface area contributed by atoms with Crippen LogP contribution in [0.1, 0.15) is 53.4 Å². The fraction of sp³-hybridized carbons (Fsp3) is 0.933. The van der Waals surface area contributed by atoms with Gasteiger partial charge in [0.2, 0.25) is 0 Å². The standard InChI is InChI=1S/C15H36N5.ClH/c1-7-11-13-18(9-3)20(6,15(16)17-5)19(10-4)14-12-8-2;/h7-14H2,1-6H3,(H2,16,17);1H/q+1;/p-1. The van der Waals surface area contributed by atoms with Crippen LogP contribution in [-0.4, -0.2) is 61.0 Å². The number of guanidine groups is 1. The Balaban J connectivity index is 0. The molecule has 0 fully saturated rings. The van der Waals surface area contributed by atoms with Crippen molar-refractivity contribution in [1.82, 2.24) is 10.0 Å². The molecule has 0 amide bonds. The molecule has 2 N–H and O–H groups in total. The van der Waals surface area contributed by atoms with E-state index >= 15 is 0 Å². The average Bonchev–Trinajstić information content (AvgIpc) is 2.47. The van der Waals surface area contributed by atoms with Gasteiger partial charge in [-0.05, 0) is 26.7 Å². The molecule has 0 spiro atoms. The first kappa shape index (κ1) is 22.9. The molecule has 0 radical (unpaired) electrons. The van der Waals surface area contributed by atoms with Crippen molar-refractivity contribution in [2.24, 2.45) is 10.7 Å². The highest BCUT2D eigenvalue weighted by molar-refractivity contribution is 5.70. The van der Waals surface area contributed by atoms with E-state index in [0.29, 0.717) is 10.7 Å². The summed E-state index contributed by atoms with van der Waals surface area (Å²) in [5, 5.41) is 4.82. The van der Waals surface area contributed by atoms with Gasteiger partial charge in [0.1, 0.15) is 7.05 Å². The van der Waals surface area contributed by atoms with Crippen LogP contribution in [0.25, 0.3) is 0 Å². The molecule has 0 aliphatic rings. The van der Waals surface area contributed by atoms with E-state index in [1.807, 2.05) is 0 Å². The van der Waals surface area contributed by atoms with Crippen LogP contribution in [0.2, 0.25) is 0 Å². The predicted octanol–water partition coefficient (Wildman–Crippen LogP) is -0.544. The average molecular weight is 322 g/mol. The molecule has 21 heavy (non-hydrogen) atoms. The van der Waals surface area contributed by atoms with Crippen molar-refractivity contribution >= 4 is 5.96 Å². The molecule has 0 unspecified atom stereocenters. The van der Waals surface area contributed by atoms with Gasteiger partial charge in [-0.1, -0.05) is 26.7 Å². The number of unbranched alkanes of at least 4 members (excludes halogenated alkanes) is 2. The van der Waals surface area contributed by atoms with Crippen LogP contribution in [0.5, 0.6) is 0 Å². The maximum atomic E-state index is 6.29. The lowest BCUT2D eigenvalue weighted by molar-refractivity contribution is -1.04. The molecule has 0 aliphatic heterocycles. The van der Waals surface area contributed by atoms with E-state index < -0.39 is 0 Å². The van der Waals surface area contributed by atoms with Gasteiger partial charge in [0.25, 0.3) is 0 Å². The van der Waals surface area contributed by atoms with Crippen LogP contribution < -0.4 is 18.1 Å². The number of hydrogen-bond acceptors (Lipinski definition) is 3. The number of rotatable bonds is 10. The highest BCUT2D eigenvalue weighted by Gasteiger charge is 2.40. The molecular formula is C15H36ClN5. The second-order valence-corrected chi connectivity index (χ2v) is 5.29. The maximum absolute atomic E-state index is 6.29. The van der Waals surface area contributed by atoms with Gasteiger partial charge in [0.05, 0.1) is 13.1 Å². The summed E-state index contributed by atoms with van der Waals surface area (Å²) in [6, 6.07) is 0. The van der Waals surface area contributed by atoms with Crippen LogP contribution in [0.15, 0.2) is 4.99 Å². The molecule has 6 heteroatoms. The van der Waals surface area contributed by atoms with E-state index in [4.69, 9.17) is 5.73 Å². The molecule has 0 saturated heterocycles. The Morgan fingerprint density at radius 3 is 1.57 bits per heavy atom. The number of nitrogens with two attached hydrogens (primary N) is 1. The summed E-state index contributed by atoms with van der Waals surface area (Å²) in [5.41, 5.74) is 6.29. The van der Waals surface area contributed by atoms with E-state index in [1.54, 1.807) is 7.05 Å². The Kier molecular flexibility index (Phi) is 13.3. The van der Waals surface area contributed by atoms with Crippen molar-refractivity contribution < 1.29 is 17.1 Å². The first-order chi connectivity index (χ1) is 9.52. The largest absolute Gasteiger partial charge is 1.00 e. The van der Waals surface area contributed by atoms with E-state index in [2.05, 4.69) is 49.8 Å². The van der Waals surface area contributed by atoms with Crippen molar-refractivity contribution in [2.45, 2.75) is 53.4 Å². The molecule has 128 valence electrons. The predicted molar refractivity (Wildman–Crippen MR) is 88.0 cm³/mol. The first-order valence-corrected chi connectivity index (χ1v) is 8.12. The Hall–Kier alpha value is -0.360. The van der Waals surface area contributed by atoms with Crippen LogP contribution >= 0.6 is 0 Å². The SMILES string of the molecule is CCCCN(CC)[N+](C)(/C(N)=N/C)N(CC)CCCC.[Cl-]. The normalized spacial score (nSPS) is 12.9. The maximum Gasteiger partial charge on any atom is 0.335 e. The van der Waals surface area contributed by atoms with Crippen LogP contribution in [-0.2, 0) is 0 Å². The molecule has 5 nitrogen and oxygen atoms in total. The Morgan fingerprint density at radius 1 is 0.952 bits per heavy atom. The van der Waals surface area contributed by atoms with E-state index in [-0.39, 0.29) is 12.4 Å². The number of aliphatic imine (C=N–C) groups is 1. The summed E-state index contributed by atoms with van der Waals surface area (Å²) < 4.78 is 0.517. The van der Waals surface area contributed by atoms with Gasteiger partial charge in [-0.3, -0.25) is 0 Å². The second-order valence-electron chi connectivity index (χ2n) is 5.29. The summed E-state index contributed by atoms with van der Waals surface area (Å²) in [6.07, 6.45) is 4.76. The zero-order valence-electron chi connectivity index (χ0n) is 14.9. The number of quaternary nitrogens is 1. The van der Waals surface area contributed by atoms with E-state index in [1.165, 1.54) is 25.7 Å². The second kappa shape index (κ2) is 12.2. The lowest BCUT2D eigenvalue weighted by atomic mass is 10.3. The third kappa shape index (κ3) is 6.10. The number of nitrogens with zero attached hydrogens (tertiary/aromatic N) is 4.